The van der Waals surface area contributed by atoms with Gasteiger partial charge in [-0.3, -0.25) is 14.4 Å². The molecular weight excluding hydrogens is 463 g/mol. The number of aryl methyl sites for hydroxylation is 1. The van der Waals surface area contributed by atoms with Gasteiger partial charge in [0.1, 0.15) is 35.0 Å². The van der Waals surface area contributed by atoms with Gasteiger partial charge in [0, 0.05) is 11.6 Å². The first-order valence-electron chi connectivity index (χ1n) is 9.85. The van der Waals surface area contributed by atoms with Gasteiger partial charge in [0.15, 0.2) is 12.6 Å². The molecule has 0 saturated heterocycles. The largest absolute Gasteiger partial charge is 0.647 e. The van der Waals surface area contributed by atoms with Crippen LogP contribution in [0.15, 0.2) is 54.6 Å². The lowest BCUT2D eigenvalue weighted by molar-refractivity contribution is 0.111. The van der Waals surface area contributed by atoms with E-state index in [1.165, 1.54) is 68.8 Å². The Hall–Kier alpha value is -4.10. The van der Waals surface area contributed by atoms with Crippen LogP contribution >= 0.6 is 7.82 Å². The van der Waals surface area contributed by atoms with Crippen molar-refractivity contribution in [3.05, 3.63) is 76.9 Å². The van der Waals surface area contributed by atoms with Gasteiger partial charge in [-0.05, 0) is 61.0 Å². The van der Waals surface area contributed by atoms with Gasteiger partial charge in [0.05, 0.1) is 25.3 Å². The average Bonchev–Trinajstić information content (AvgIpc) is 2.83. The van der Waals surface area contributed by atoms with Crippen LogP contribution in [-0.4, -0.2) is 33.1 Å². The van der Waals surface area contributed by atoms with E-state index < -0.39 is 7.82 Å². The van der Waals surface area contributed by atoms with E-state index in [1.807, 2.05) is 0 Å². The van der Waals surface area contributed by atoms with Crippen LogP contribution in [0.2, 0.25) is 0 Å². The second kappa shape index (κ2) is 10.7. The van der Waals surface area contributed by atoms with Crippen LogP contribution in [0.1, 0.15) is 36.6 Å². The molecule has 9 nitrogen and oxygen atoms in total. The summed E-state index contributed by atoms with van der Waals surface area (Å²) in [6, 6.07) is 12.8. The molecule has 176 valence electrons. The number of carbonyl (C=O) groups is 3. The van der Waals surface area contributed by atoms with Gasteiger partial charge in [-0.1, -0.05) is 0 Å². The average molecular weight is 484 g/mol. The van der Waals surface area contributed by atoms with E-state index >= 15 is 0 Å². The number of aldehydes is 3. The third-order valence-electron chi connectivity index (χ3n) is 4.68. The van der Waals surface area contributed by atoms with E-state index in [-0.39, 0.29) is 34.1 Å². The third-order valence-corrected chi connectivity index (χ3v) is 5.98. The maximum atomic E-state index is 13.7. The van der Waals surface area contributed by atoms with Gasteiger partial charge in [-0.2, -0.15) is 4.57 Å². The standard InChI is InChI=1S/C24H21O9P/c1-16-10-20(6-4-17(16)13-25)31-34(28,32-21-8-9-23(29-2)19(11-21)15-27)33-22-7-5-18(14-26)24(12-22)30-3/h4-15H,1-3H3. The smallest absolute Gasteiger partial charge is 0.496 e. The summed E-state index contributed by atoms with van der Waals surface area (Å²) in [5, 5.41) is 0. The highest BCUT2D eigenvalue weighted by Crippen LogP contribution is 2.50. The molecule has 0 bridgehead atoms. The number of hydrogen-bond acceptors (Lipinski definition) is 9. The molecule has 1 unspecified atom stereocenters. The number of phosphoric ester groups is 1. The summed E-state index contributed by atoms with van der Waals surface area (Å²) in [6.45, 7) is 1.69. The quantitative estimate of drug-likeness (QED) is 0.271. The summed E-state index contributed by atoms with van der Waals surface area (Å²) in [5.41, 5.74) is 1.44. The molecule has 0 radical (unpaired) electrons. The van der Waals surface area contributed by atoms with Crippen LogP contribution in [0.4, 0.5) is 0 Å². The van der Waals surface area contributed by atoms with E-state index in [9.17, 15) is 18.9 Å². The zero-order valence-electron chi connectivity index (χ0n) is 18.5. The number of phosphoric acid groups is 1. The van der Waals surface area contributed by atoms with E-state index in [4.69, 9.17) is 23.0 Å². The SMILES string of the molecule is COc1ccc(OP(=O)(Oc2ccc(C=O)c(C)c2)Oc2ccc(C=O)c(OC)c2)cc1C=O. The highest BCUT2D eigenvalue weighted by atomic mass is 31.2. The number of hydrogen-bond donors (Lipinski definition) is 0. The molecule has 0 aliphatic heterocycles. The molecule has 0 N–H and O–H groups in total. The lowest BCUT2D eigenvalue weighted by Crippen LogP contribution is -2.08. The Bertz CT molecular complexity index is 1270. The van der Waals surface area contributed by atoms with Crippen molar-refractivity contribution >= 4 is 26.7 Å². The Balaban J connectivity index is 2.01. The Morgan fingerprint density at radius 2 is 1.12 bits per heavy atom. The summed E-state index contributed by atoms with van der Waals surface area (Å²) in [7, 11) is -1.65. The van der Waals surface area contributed by atoms with Crippen molar-refractivity contribution in [3.8, 4) is 28.7 Å². The zero-order valence-corrected chi connectivity index (χ0v) is 19.4. The lowest BCUT2D eigenvalue weighted by atomic mass is 10.1. The fourth-order valence-corrected chi connectivity index (χ4v) is 4.21. The first-order valence-corrected chi connectivity index (χ1v) is 11.3. The molecule has 0 aliphatic rings. The third kappa shape index (κ3) is 5.63. The molecule has 0 amide bonds. The maximum Gasteiger partial charge on any atom is 0.647 e. The predicted octanol–water partition coefficient (Wildman–Crippen LogP) is 5.09. The lowest BCUT2D eigenvalue weighted by Gasteiger charge is -2.20. The molecule has 0 saturated carbocycles. The van der Waals surface area contributed by atoms with Crippen molar-refractivity contribution in [2.24, 2.45) is 0 Å². The summed E-state index contributed by atoms with van der Waals surface area (Å²) >= 11 is 0. The van der Waals surface area contributed by atoms with Gasteiger partial charge < -0.3 is 23.0 Å². The molecular formula is C24H21O9P. The molecule has 3 rings (SSSR count). The molecule has 3 aromatic carbocycles. The van der Waals surface area contributed by atoms with Crippen LogP contribution < -0.4 is 23.0 Å². The number of benzene rings is 3. The fourth-order valence-electron chi connectivity index (χ4n) is 2.99. The topological polar surface area (TPSA) is 114 Å². The summed E-state index contributed by atoms with van der Waals surface area (Å²) in [5.74, 6) is 0.665. The van der Waals surface area contributed by atoms with Crippen molar-refractivity contribution < 1.29 is 42.0 Å². The van der Waals surface area contributed by atoms with Crippen LogP contribution in [0.25, 0.3) is 0 Å². The van der Waals surface area contributed by atoms with Crippen LogP contribution in [0.5, 0.6) is 28.7 Å². The van der Waals surface area contributed by atoms with Crippen LogP contribution in [0, 0.1) is 6.92 Å². The number of rotatable bonds is 11. The Kier molecular flexibility index (Phi) is 7.71. The van der Waals surface area contributed by atoms with Crippen molar-refractivity contribution in [1.29, 1.82) is 0 Å². The molecule has 3 aromatic rings. The molecule has 0 fully saturated rings. The van der Waals surface area contributed by atoms with E-state index in [2.05, 4.69) is 0 Å². The normalized spacial score (nSPS) is 12.1. The Morgan fingerprint density at radius 3 is 1.65 bits per heavy atom. The molecule has 0 aromatic heterocycles. The first-order chi connectivity index (χ1) is 16.3. The maximum absolute atomic E-state index is 13.7. The van der Waals surface area contributed by atoms with Crippen molar-refractivity contribution in [3.63, 3.8) is 0 Å². The second-order valence-corrected chi connectivity index (χ2v) is 8.34. The van der Waals surface area contributed by atoms with Crippen LogP contribution in [0.3, 0.4) is 0 Å². The summed E-state index contributed by atoms with van der Waals surface area (Å²) in [4.78, 5) is 33.7. The van der Waals surface area contributed by atoms with Gasteiger partial charge >= 0.3 is 7.82 Å². The van der Waals surface area contributed by atoms with E-state index in [0.29, 0.717) is 35.7 Å². The van der Waals surface area contributed by atoms with Crippen LogP contribution in [-0.2, 0) is 4.57 Å². The summed E-state index contributed by atoms with van der Waals surface area (Å²) < 4.78 is 40.8. The predicted molar refractivity (Wildman–Crippen MR) is 123 cm³/mol. The molecule has 1 atom stereocenters. The Morgan fingerprint density at radius 1 is 0.618 bits per heavy atom. The highest BCUT2D eigenvalue weighted by Gasteiger charge is 2.34. The van der Waals surface area contributed by atoms with Crippen molar-refractivity contribution in [2.45, 2.75) is 6.92 Å². The molecule has 0 spiro atoms. The van der Waals surface area contributed by atoms with E-state index in [0.717, 1.165) is 0 Å². The minimum absolute atomic E-state index is 0.0175. The zero-order chi connectivity index (χ0) is 24.7. The second-order valence-electron chi connectivity index (χ2n) is 6.90. The minimum atomic E-state index is -4.43. The molecule has 0 heterocycles. The number of ether oxygens (including phenoxy) is 2. The molecule has 34 heavy (non-hydrogen) atoms. The number of methoxy groups -OCH3 is 2. The van der Waals surface area contributed by atoms with Crippen molar-refractivity contribution in [1.82, 2.24) is 0 Å². The summed E-state index contributed by atoms with van der Waals surface area (Å²) in [6.07, 6.45) is 1.85. The van der Waals surface area contributed by atoms with Gasteiger partial charge in [0.25, 0.3) is 0 Å². The van der Waals surface area contributed by atoms with E-state index in [1.54, 1.807) is 6.92 Å². The first kappa shape index (κ1) is 24.5. The fraction of sp³-hybridized carbons (Fsp3) is 0.125. The molecule has 10 heteroatoms. The highest BCUT2D eigenvalue weighted by molar-refractivity contribution is 7.49. The van der Waals surface area contributed by atoms with Gasteiger partial charge in [-0.15, -0.1) is 0 Å². The monoisotopic (exact) mass is 484 g/mol. The molecule has 0 aliphatic carbocycles. The number of carbonyl (C=O) groups excluding carboxylic acids is 3. The minimum Gasteiger partial charge on any atom is -0.496 e. The van der Waals surface area contributed by atoms with Gasteiger partial charge in [-0.25, -0.2) is 0 Å². The van der Waals surface area contributed by atoms with Gasteiger partial charge in [0.2, 0.25) is 0 Å². The Labute approximate surface area is 195 Å². The van der Waals surface area contributed by atoms with Crippen molar-refractivity contribution in [2.75, 3.05) is 14.2 Å².